The minimum atomic E-state index is 0.168. The standard InChI is InChI=1S/C17H18N4O5/c1-10-12(6-21-8-18-15(20-21)7-22-2)19-17(26-10)11-4-13(23-3)16-14(5-11)24-9-25-16/h4-5,8H,6-7,9H2,1-3H3. The van der Waals surface area contributed by atoms with Crippen molar-refractivity contribution in [2.45, 2.75) is 20.1 Å². The Balaban J connectivity index is 1.62. The summed E-state index contributed by atoms with van der Waals surface area (Å²) in [5.74, 6) is 3.58. The molecule has 0 aliphatic carbocycles. The molecule has 3 heterocycles. The van der Waals surface area contributed by atoms with Crippen molar-refractivity contribution in [2.75, 3.05) is 21.0 Å². The van der Waals surface area contributed by atoms with Crippen molar-refractivity contribution in [2.24, 2.45) is 0 Å². The second-order valence-electron chi connectivity index (χ2n) is 5.73. The summed E-state index contributed by atoms with van der Waals surface area (Å²) in [6.45, 7) is 2.85. The van der Waals surface area contributed by atoms with Gasteiger partial charge in [0.25, 0.3) is 0 Å². The number of methoxy groups -OCH3 is 2. The van der Waals surface area contributed by atoms with E-state index in [1.165, 1.54) is 0 Å². The second-order valence-corrected chi connectivity index (χ2v) is 5.73. The summed E-state index contributed by atoms with van der Waals surface area (Å²) in [6, 6.07) is 3.64. The van der Waals surface area contributed by atoms with E-state index in [4.69, 9.17) is 23.4 Å². The van der Waals surface area contributed by atoms with Gasteiger partial charge in [0, 0.05) is 12.7 Å². The number of hydrogen-bond donors (Lipinski definition) is 0. The number of aromatic nitrogens is 4. The van der Waals surface area contributed by atoms with Crippen LogP contribution in [0.5, 0.6) is 17.2 Å². The van der Waals surface area contributed by atoms with Crippen LogP contribution in [0, 0.1) is 6.92 Å². The van der Waals surface area contributed by atoms with E-state index in [2.05, 4.69) is 15.1 Å². The second kappa shape index (κ2) is 6.68. The van der Waals surface area contributed by atoms with E-state index in [1.807, 2.05) is 19.1 Å². The van der Waals surface area contributed by atoms with Gasteiger partial charge in [-0.05, 0) is 19.1 Å². The Bertz CT molecular complexity index is 933. The Kier molecular flexibility index (Phi) is 4.21. The van der Waals surface area contributed by atoms with E-state index in [9.17, 15) is 0 Å². The smallest absolute Gasteiger partial charge is 0.231 e. The van der Waals surface area contributed by atoms with E-state index < -0.39 is 0 Å². The summed E-state index contributed by atoms with van der Waals surface area (Å²) in [5.41, 5.74) is 1.52. The van der Waals surface area contributed by atoms with Crippen LogP contribution in [0.1, 0.15) is 17.3 Å². The van der Waals surface area contributed by atoms with Crippen molar-refractivity contribution in [1.29, 1.82) is 0 Å². The molecule has 136 valence electrons. The van der Waals surface area contributed by atoms with Gasteiger partial charge < -0.3 is 23.4 Å². The largest absolute Gasteiger partial charge is 0.493 e. The van der Waals surface area contributed by atoms with Crippen molar-refractivity contribution in [3.63, 3.8) is 0 Å². The predicted molar refractivity (Wildman–Crippen MR) is 89.2 cm³/mol. The summed E-state index contributed by atoms with van der Waals surface area (Å²) in [4.78, 5) is 8.77. The van der Waals surface area contributed by atoms with Crippen LogP contribution >= 0.6 is 0 Å². The quantitative estimate of drug-likeness (QED) is 0.662. The SMILES string of the molecule is COCc1ncn(Cc2nc(-c3cc(OC)c4c(c3)OCO4)oc2C)n1. The number of benzene rings is 1. The summed E-state index contributed by atoms with van der Waals surface area (Å²) < 4.78 is 28.8. The maximum Gasteiger partial charge on any atom is 0.231 e. The number of aryl methyl sites for hydroxylation is 1. The van der Waals surface area contributed by atoms with Crippen LogP contribution in [0.3, 0.4) is 0 Å². The van der Waals surface area contributed by atoms with E-state index >= 15 is 0 Å². The minimum absolute atomic E-state index is 0.168. The predicted octanol–water partition coefficient (Wildman–Crippen LogP) is 2.17. The molecule has 3 aromatic rings. The first-order valence-electron chi connectivity index (χ1n) is 7.99. The molecule has 4 rings (SSSR count). The van der Waals surface area contributed by atoms with Gasteiger partial charge >= 0.3 is 0 Å². The monoisotopic (exact) mass is 358 g/mol. The Morgan fingerprint density at radius 3 is 2.92 bits per heavy atom. The third-order valence-electron chi connectivity index (χ3n) is 3.97. The highest BCUT2D eigenvalue weighted by molar-refractivity contribution is 5.66. The van der Waals surface area contributed by atoms with Gasteiger partial charge in [0.1, 0.15) is 24.4 Å². The Morgan fingerprint density at radius 2 is 2.12 bits per heavy atom. The normalized spacial score (nSPS) is 12.6. The fraction of sp³-hybridized carbons (Fsp3) is 0.353. The molecule has 0 fully saturated rings. The number of hydrogen-bond acceptors (Lipinski definition) is 8. The topological polar surface area (TPSA) is 93.7 Å². The molecule has 9 heteroatoms. The molecular weight excluding hydrogens is 340 g/mol. The molecule has 0 unspecified atom stereocenters. The summed E-state index contributed by atoms with van der Waals surface area (Å²) in [6.07, 6.45) is 1.64. The minimum Gasteiger partial charge on any atom is -0.493 e. The van der Waals surface area contributed by atoms with Crippen molar-refractivity contribution in [3.05, 3.63) is 35.7 Å². The highest BCUT2D eigenvalue weighted by atomic mass is 16.7. The van der Waals surface area contributed by atoms with Gasteiger partial charge in [-0.15, -0.1) is 0 Å². The van der Waals surface area contributed by atoms with Crippen molar-refractivity contribution >= 4 is 0 Å². The number of ether oxygens (including phenoxy) is 4. The van der Waals surface area contributed by atoms with Crippen LogP contribution < -0.4 is 14.2 Å². The molecular formula is C17H18N4O5. The third kappa shape index (κ3) is 2.97. The number of oxazole rings is 1. The van der Waals surface area contributed by atoms with E-state index in [-0.39, 0.29) is 6.79 Å². The highest BCUT2D eigenvalue weighted by Gasteiger charge is 2.23. The third-order valence-corrected chi connectivity index (χ3v) is 3.97. The molecule has 0 bridgehead atoms. The first-order valence-corrected chi connectivity index (χ1v) is 7.99. The van der Waals surface area contributed by atoms with Crippen LogP contribution in [-0.4, -0.2) is 40.8 Å². The summed E-state index contributed by atoms with van der Waals surface area (Å²) in [5, 5.41) is 4.34. The van der Waals surface area contributed by atoms with Gasteiger partial charge in [0.2, 0.25) is 18.4 Å². The number of nitrogens with zero attached hydrogens (tertiary/aromatic N) is 4. The van der Waals surface area contributed by atoms with E-state index in [1.54, 1.807) is 25.2 Å². The zero-order valence-corrected chi connectivity index (χ0v) is 14.7. The van der Waals surface area contributed by atoms with Gasteiger partial charge in [0.15, 0.2) is 17.3 Å². The molecule has 0 spiro atoms. The molecule has 2 aromatic heterocycles. The van der Waals surface area contributed by atoms with Crippen LogP contribution in [0.2, 0.25) is 0 Å². The first-order chi connectivity index (χ1) is 12.7. The first kappa shape index (κ1) is 16.4. The molecule has 1 aliphatic heterocycles. The molecule has 0 atom stereocenters. The van der Waals surface area contributed by atoms with Crippen LogP contribution in [0.25, 0.3) is 11.5 Å². The Labute approximate surface area is 149 Å². The fourth-order valence-corrected chi connectivity index (χ4v) is 2.71. The van der Waals surface area contributed by atoms with Gasteiger partial charge in [0.05, 0.1) is 13.7 Å². The van der Waals surface area contributed by atoms with Crippen molar-refractivity contribution in [3.8, 4) is 28.7 Å². The molecule has 9 nitrogen and oxygen atoms in total. The van der Waals surface area contributed by atoms with E-state index in [0.717, 1.165) is 11.3 Å². The van der Waals surface area contributed by atoms with Gasteiger partial charge in [-0.1, -0.05) is 0 Å². The lowest BCUT2D eigenvalue weighted by molar-refractivity contribution is 0.171. The lowest BCUT2D eigenvalue weighted by atomic mass is 10.2. The molecule has 1 aromatic carbocycles. The average Bonchev–Trinajstić information content (AvgIpc) is 3.35. The zero-order chi connectivity index (χ0) is 18.1. The lowest BCUT2D eigenvalue weighted by Gasteiger charge is -2.06. The Morgan fingerprint density at radius 1 is 1.23 bits per heavy atom. The van der Waals surface area contributed by atoms with Gasteiger partial charge in [-0.25, -0.2) is 14.6 Å². The maximum absolute atomic E-state index is 5.84. The average molecular weight is 358 g/mol. The Hall–Kier alpha value is -3.07. The van der Waals surface area contributed by atoms with Crippen LogP contribution in [0.15, 0.2) is 22.9 Å². The highest BCUT2D eigenvalue weighted by Crippen LogP contribution is 2.44. The summed E-state index contributed by atoms with van der Waals surface area (Å²) >= 11 is 0. The molecule has 0 saturated carbocycles. The van der Waals surface area contributed by atoms with Crippen molar-refractivity contribution in [1.82, 2.24) is 19.7 Å². The molecule has 1 aliphatic rings. The van der Waals surface area contributed by atoms with E-state index in [0.29, 0.717) is 47.9 Å². The van der Waals surface area contributed by atoms with Gasteiger partial charge in [-0.2, -0.15) is 5.10 Å². The lowest BCUT2D eigenvalue weighted by Crippen LogP contribution is -2.03. The maximum atomic E-state index is 5.84. The molecule has 26 heavy (non-hydrogen) atoms. The number of rotatable bonds is 6. The number of fused-ring (bicyclic) bond motifs is 1. The molecule has 0 saturated heterocycles. The van der Waals surface area contributed by atoms with Crippen LogP contribution in [0.4, 0.5) is 0 Å². The summed E-state index contributed by atoms with van der Waals surface area (Å²) in [7, 11) is 3.18. The zero-order valence-electron chi connectivity index (χ0n) is 14.7. The fourth-order valence-electron chi connectivity index (χ4n) is 2.71. The van der Waals surface area contributed by atoms with Crippen molar-refractivity contribution < 1.29 is 23.4 Å². The molecule has 0 amide bonds. The van der Waals surface area contributed by atoms with Gasteiger partial charge in [-0.3, -0.25) is 0 Å². The van der Waals surface area contributed by atoms with Crippen LogP contribution in [-0.2, 0) is 17.9 Å². The molecule has 0 radical (unpaired) electrons. The molecule has 0 N–H and O–H groups in total.